The van der Waals surface area contributed by atoms with Crippen molar-refractivity contribution in [3.8, 4) is 17.5 Å². The summed E-state index contributed by atoms with van der Waals surface area (Å²) in [7, 11) is 0. The van der Waals surface area contributed by atoms with E-state index in [1.54, 1.807) is 36.7 Å². The molecule has 0 fully saturated rings. The molecule has 3 aromatic rings. The molecule has 0 radical (unpaired) electrons. The molecule has 24 heavy (non-hydrogen) atoms. The third kappa shape index (κ3) is 1.99. The van der Waals surface area contributed by atoms with Crippen LogP contribution in [0.15, 0.2) is 48.8 Å². The summed E-state index contributed by atoms with van der Waals surface area (Å²) in [4.78, 5) is 12.2. The third-order valence-electron chi connectivity index (χ3n) is 3.79. The summed E-state index contributed by atoms with van der Waals surface area (Å²) < 4.78 is 27.7. The first kappa shape index (κ1) is 14.2. The molecule has 4 nitrogen and oxygen atoms in total. The van der Waals surface area contributed by atoms with Crippen molar-refractivity contribution in [2.24, 2.45) is 0 Å². The highest BCUT2D eigenvalue weighted by Gasteiger charge is 2.30. The molecule has 0 atom stereocenters. The lowest BCUT2D eigenvalue weighted by Gasteiger charge is -2.07. The van der Waals surface area contributed by atoms with Crippen LogP contribution in [0, 0.1) is 23.1 Å². The fourth-order valence-electron chi connectivity index (χ4n) is 2.83. The fourth-order valence-corrected chi connectivity index (χ4v) is 2.83. The molecule has 114 valence electrons. The van der Waals surface area contributed by atoms with Gasteiger partial charge < -0.3 is 0 Å². The molecule has 0 unspecified atom stereocenters. The highest BCUT2D eigenvalue weighted by molar-refractivity contribution is 6.11. The van der Waals surface area contributed by atoms with Gasteiger partial charge in [0.15, 0.2) is 0 Å². The lowest BCUT2D eigenvalue weighted by molar-refractivity contribution is 0.556. The predicted octanol–water partition coefficient (Wildman–Crippen LogP) is 3.61. The Bertz CT molecular complexity index is 1000. The molecule has 4 rings (SSSR count). The molecule has 0 saturated heterocycles. The van der Waals surface area contributed by atoms with E-state index in [0.29, 0.717) is 28.1 Å². The van der Waals surface area contributed by atoms with Crippen LogP contribution < -0.4 is 0 Å². The monoisotopic (exact) mass is 318 g/mol. The topological polar surface area (TPSA) is 62.5 Å². The van der Waals surface area contributed by atoms with E-state index in [1.165, 1.54) is 0 Å². The molecular formula is C18H8F2N4. The van der Waals surface area contributed by atoms with Crippen molar-refractivity contribution < 1.29 is 8.78 Å². The number of aromatic nitrogens is 3. The number of allylic oxidation sites excluding steroid dienone is 1. The lowest BCUT2D eigenvalue weighted by atomic mass is 9.97. The van der Waals surface area contributed by atoms with Crippen molar-refractivity contribution in [1.82, 2.24) is 15.0 Å². The van der Waals surface area contributed by atoms with Gasteiger partial charge in [-0.1, -0.05) is 12.1 Å². The minimum atomic E-state index is -0.851. The zero-order valence-corrected chi connectivity index (χ0v) is 12.2. The summed E-state index contributed by atoms with van der Waals surface area (Å²) in [6.45, 7) is 0. The minimum absolute atomic E-state index is 0.0481. The highest BCUT2D eigenvalue weighted by Crippen LogP contribution is 2.44. The second-order valence-electron chi connectivity index (χ2n) is 5.13. The average molecular weight is 318 g/mol. The van der Waals surface area contributed by atoms with Gasteiger partial charge in [0, 0.05) is 29.1 Å². The summed E-state index contributed by atoms with van der Waals surface area (Å²) in [5.74, 6) is -1.61. The number of halogens is 2. The van der Waals surface area contributed by atoms with Gasteiger partial charge in [0.1, 0.15) is 17.6 Å². The summed E-state index contributed by atoms with van der Waals surface area (Å²) in [5.41, 5.74) is 2.59. The molecule has 0 N–H and O–H groups in total. The molecule has 0 aliphatic heterocycles. The SMILES string of the molecule is N#CC(=C1c2cccnc2-c2ncccc21)c1nc(F)ccc1F. The molecule has 0 bridgehead atoms. The van der Waals surface area contributed by atoms with Crippen LogP contribution in [0.4, 0.5) is 8.78 Å². The van der Waals surface area contributed by atoms with Crippen LogP contribution in [-0.4, -0.2) is 15.0 Å². The van der Waals surface area contributed by atoms with Crippen LogP contribution in [-0.2, 0) is 0 Å². The number of nitriles is 1. The van der Waals surface area contributed by atoms with E-state index in [-0.39, 0.29) is 11.3 Å². The Morgan fingerprint density at radius 3 is 2.12 bits per heavy atom. The molecule has 0 amide bonds. The summed E-state index contributed by atoms with van der Waals surface area (Å²) in [6, 6.07) is 10.8. The zero-order valence-electron chi connectivity index (χ0n) is 12.2. The second-order valence-corrected chi connectivity index (χ2v) is 5.13. The Morgan fingerprint density at radius 1 is 0.917 bits per heavy atom. The van der Waals surface area contributed by atoms with Crippen molar-refractivity contribution >= 4 is 11.1 Å². The van der Waals surface area contributed by atoms with Crippen LogP contribution in [0.1, 0.15) is 16.8 Å². The molecule has 6 heteroatoms. The van der Waals surface area contributed by atoms with Gasteiger partial charge in [0.2, 0.25) is 5.95 Å². The van der Waals surface area contributed by atoms with Crippen molar-refractivity contribution in [3.63, 3.8) is 0 Å². The predicted molar refractivity (Wildman–Crippen MR) is 83.2 cm³/mol. The molecule has 1 aliphatic rings. The summed E-state index contributed by atoms with van der Waals surface area (Å²) in [6.07, 6.45) is 3.24. The molecule has 0 aromatic carbocycles. The van der Waals surface area contributed by atoms with Gasteiger partial charge in [-0.05, 0) is 24.3 Å². The molecular weight excluding hydrogens is 310 g/mol. The van der Waals surface area contributed by atoms with Gasteiger partial charge in [-0.2, -0.15) is 9.65 Å². The third-order valence-corrected chi connectivity index (χ3v) is 3.79. The smallest absolute Gasteiger partial charge is 0.213 e. The summed E-state index contributed by atoms with van der Waals surface area (Å²) in [5, 5.41) is 9.63. The van der Waals surface area contributed by atoms with E-state index in [1.807, 2.05) is 6.07 Å². The molecule has 0 saturated carbocycles. The highest BCUT2D eigenvalue weighted by atomic mass is 19.1. The Hall–Kier alpha value is -3.46. The van der Waals surface area contributed by atoms with E-state index in [4.69, 9.17) is 0 Å². The number of fused-ring (bicyclic) bond motifs is 3. The van der Waals surface area contributed by atoms with Crippen LogP contribution in [0.25, 0.3) is 22.5 Å². The quantitative estimate of drug-likeness (QED) is 0.397. The number of pyridine rings is 3. The first-order valence-electron chi connectivity index (χ1n) is 7.08. The van der Waals surface area contributed by atoms with E-state index < -0.39 is 11.8 Å². The van der Waals surface area contributed by atoms with Crippen molar-refractivity contribution in [2.75, 3.05) is 0 Å². The maximum absolute atomic E-state index is 14.2. The van der Waals surface area contributed by atoms with Crippen molar-refractivity contribution in [1.29, 1.82) is 5.26 Å². The standard InChI is InChI=1S/C18H8F2N4/c19-13-5-6-14(20)24-16(13)12(9-21)15-10-3-1-7-22-17(10)18-11(15)4-2-8-23-18/h1-8H. The Morgan fingerprint density at radius 2 is 1.54 bits per heavy atom. The lowest BCUT2D eigenvalue weighted by Crippen LogP contribution is -1.99. The minimum Gasteiger partial charge on any atom is -0.254 e. The second kappa shape index (κ2) is 5.32. The largest absolute Gasteiger partial charge is 0.254 e. The maximum atomic E-state index is 14.2. The molecule has 0 spiro atoms. The number of nitrogens with zero attached hydrogens (tertiary/aromatic N) is 4. The van der Waals surface area contributed by atoms with Crippen LogP contribution in [0.2, 0.25) is 0 Å². The first-order chi connectivity index (χ1) is 11.7. The number of rotatable bonds is 1. The maximum Gasteiger partial charge on any atom is 0.213 e. The Labute approximate surface area is 135 Å². The van der Waals surface area contributed by atoms with Crippen LogP contribution in [0.5, 0.6) is 0 Å². The van der Waals surface area contributed by atoms with Gasteiger partial charge >= 0.3 is 0 Å². The Kier molecular flexibility index (Phi) is 3.14. The molecule has 3 heterocycles. The summed E-state index contributed by atoms with van der Waals surface area (Å²) >= 11 is 0. The van der Waals surface area contributed by atoms with Gasteiger partial charge in [0.25, 0.3) is 0 Å². The van der Waals surface area contributed by atoms with E-state index in [2.05, 4.69) is 15.0 Å². The number of hydrogen-bond donors (Lipinski definition) is 0. The van der Waals surface area contributed by atoms with E-state index >= 15 is 0 Å². The Balaban J connectivity index is 2.12. The molecule has 1 aliphatic carbocycles. The fraction of sp³-hybridized carbons (Fsp3) is 0. The van der Waals surface area contributed by atoms with Gasteiger partial charge in [0.05, 0.1) is 17.0 Å². The van der Waals surface area contributed by atoms with Crippen molar-refractivity contribution in [3.05, 3.63) is 77.4 Å². The normalized spacial score (nSPS) is 11.6. The molecule has 3 aromatic heterocycles. The van der Waals surface area contributed by atoms with E-state index in [0.717, 1.165) is 12.1 Å². The van der Waals surface area contributed by atoms with Gasteiger partial charge in [-0.3, -0.25) is 9.97 Å². The van der Waals surface area contributed by atoms with Gasteiger partial charge in [-0.25, -0.2) is 9.37 Å². The van der Waals surface area contributed by atoms with Crippen molar-refractivity contribution in [2.45, 2.75) is 0 Å². The van der Waals surface area contributed by atoms with Gasteiger partial charge in [-0.15, -0.1) is 0 Å². The van der Waals surface area contributed by atoms with Crippen LogP contribution in [0.3, 0.4) is 0 Å². The van der Waals surface area contributed by atoms with Crippen LogP contribution >= 0.6 is 0 Å². The van der Waals surface area contributed by atoms with E-state index in [9.17, 15) is 14.0 Å². The first-order valence-corrected chi connectivity index (χ1v) is 7.08. The zero-order chi connectivity index (χ0) is 16.7. The average Bonchev–Trinajstić information content (AvgIpc) is 2.94. The number of hydrogen-bond acceptors (Lipinski definition) is 4.